The van der Waals surface area contributed by atoms with Crippen LogP contribution in [0.3, 0.4) is 0 Å². The van der Waals surface area contributed by atoms with Gasteiger partial charge >= 0.3 is 5.97 Å². The molecule has 1 aromatic heterocycles. The number of hydrogen-bond acceptors (Lipinski definition) is 3. The largest absolute Gasteiger partial charge is 0.478 e. The number of aromatic nitrogens is 2. The van der Waals surface area contributed by atoms with E-state index in [0.29, 0.717) is 11.1 Å². The Bertz CT molecular complexity index is 545. The van der Waals surface area contributed by atoms with Crippen molar-refractivity contribution in [2.75, 3.05) is 0 Å². The second-order valence-corrected chi connectivity index (χ2v) is 3.62. The molecule has 2 rings (SSSR count). The van der Waals surface area contributed by atoms with E-state index in [9.17, 15) is 9.59 Å². The van der Waals surface area contributed by atoms with Crippen LogP contribution in [0, 0.1) is 0 Å². The predicted molar refractivity (Wildman–Crippen MR) is 53.8 cm³/mol. The first-order valence-electron chi connectivity index (χ1n) is 4.20. The molecule has 15 heavy (non-hydrogen) atoms. The van der Waals surface area contributed by atoms with E-state index in [1.165, 1.54) is 13.1 Å². The van der Waals surface area contributed by atoms with Gasteiger partial charge in [0.2, 0.25) is 0 Å². The minimum Gasteiger partial charge on any atom is -0.478 e. The molecule has 0 saturated carbocycles. The maximum Gasteiger partial charge on any atom is 0.331 e. The Labute approximate surface area is 89.6 Å². The molecule has 6 heteroatoms. The Morgan fingerprint density at radius 1 is 1.67 bits per heavy atom. The Kier molecular flexibility index (Phi) is 2.12. The monoisotopic (exact) mass is 226 g/mol. The molecular weight excluding hydrogens is 220 g/mol. The lowest BCUT2D eigenvalue weighted by atomic mass is 10.2. The molecule has 0 radical (unpaired) electrons. The zero-order valence-corrected chi connectivity index (χ0v) is 8.58. The van der Waals surface area contributed by atoms with Gasteiger partial charge < -0.3 is 5.11 Å². The molecule has 0 atom stereocenters. The van der Waals surface area contributed by atoms with Crippen molar-refractivity contribution in [2.45, 2.75) is 6.42 Å². The molecule has 0 aromatic carbocycles. The average molecular weight is 227 g/mol. The summed E-state index contributed by atoms with van der Waals surface area (Å²) in [6.45, 7) is 0. The summed E-state index contributed by atoms with van der Waals surface area (Å²) in [5.74, 6) is -1.04. The van der Waals surface area contributed by atoms with Gasteiger partial charge in [-0.25, -0.2) is 9.48 Å². The first-order chi connectivity index (χ1) is 7.00. The Morgan fingerprint density at radius 2 is 2.33 bits per heavy atom. The van der Waals surface area contributed by atoms with Gasteiger partial charge in [0.25, 0.3) is 5.56 Å². The molecule has 0 saturated heterocycles. The van der Waals surface area contributed by atoms with Gasteiger partial charge in [0, 0.05) is 30.2 Å². The smallest absolute Gasteiger partial charge is 0.331 e. The molecule has 0 amide bonds. The van der Waals surface area contributed by atoms with E-state index in [1.54, 1.807) is 0 Å². The van der Waals surface area contributed by atoms with Gasteiger partial charge in [-0.05, 0) is 6.08 Å². The van der Waals surface area contributed by atoms with Crippen molar-refractivity contribution < 1.29 is 9.90 Å². The number of hydrogen-bond donors (Lipinski definition) is 1. The van der Waals surface area contributed by atoms with Crippen LogP contribution in [-0.2, 0) is 18.3 Å². The van der Waals surface area contributed by atoms with Crippen molar-refractivity contribution in [1.29, 1.82) is 0 Å². The highest BCUT2D eigenvalue weighted by Gasteiger charge is 2.24. The standard InChI is InChI=1S/C9H7ClN2O3/c1-12-8(13)6-3-4(9(14)15)2-5(6)7(10)11-12/h2H,3H2,1H3,(H,14,15). The zero-order valence-electron chi connectivity index (χ0n) is 7.82. The highest BCUT2D eigenvalue weighted by Crippen LogP contribution is 2.26. The topological polar surface area (TPSA) is 72.2 Å². The van der Waals surface area contributed by atoms with Crippen LogP contribution in [0.5, 0.6) is 0 Å². The van der Waals surface area contributed by atoms with Crippen molar-refractivity contribution in [1.82, 2.24) is 9.78 Å². The summed E-state index contributed by atoms with van der Waals surface area (Å²) < 4.78 is 1.11. The molecular formula is C9H7ClN2O3. The first kappa shape index (κ1) is 9.92. The fourth-order valence-electron chi connectivity index (χ4n) is 1.54. The number of halogens is 1. The summed E-state index contributed by atoms with van der Waals surface area (Å²) in [4.78, 5) is 22.3. The quantitative estimate of drug-likeness (QED) is 0.755. The molecule has 1 N–H and O–H groups in total. The van der Waals surface area contributed by atoms with Crippen molar-refractivity contribution in [3.05, 3.63) is 32.2 Å². The zero-order chi connectivity index (χ0) is 11.2. The summed E-state index contributed by atoms with van der Waals surface area (Å²) in [6, 6.07) is 0. The van der Waals surface area contributed by atoms with Crippen LogP contribution in [0.25, 0.3) is 6.08 Å². The van der Waals surface area contributed by atoms with Crippen LogP contribution in [0.2, 0.25) is 5.15 Å². The number of aliphatic carboxylic acids is 1. The third-order valence-electron chi connectivity index (χ3n) is 2.30. The van der Waals surface area contributed by atoms with Crippen LogP contribution in [0.15, 0.2) is 10.4 Å². The van der Waals surface area contributed by atoms with E-state index in [0.717, 1.165) is 4.68 Å². The van der Waals surface area contributed by atoms with Crippen molar-refractivity contribution in [3.8, 4) is 0 Å². The lowest BCUT2D eigenvalue weighted by molar-refractivity contribution is -0.132. The number of carboxylic acid groups (broad SMARTS) is 1. The summed E-state index contributed by atoms with van der Waals surface area (Å²) in [6.07, 6.45) is 1.51. The molecule has 1 aliphatic rings. The molecule has 0 fully saturated rings. The third kappa shape index (κ3) is 1.45. The van der Waals surface area contributed by atoms with Gasteiger partial charge in [-0.15, -0.1) is 0 Å². The molecule has 0 unspecified atom stereocenters. The number of carbonyl (C=O) groups is 1. The lowest BCUT2D eigenvalue weighted by Crippen LogP contribution is -2.24. The molecule has 0 spiro atoms. The molecule has 1 heterocycles. The summed E-state index contributed by atoms with van der Waals surface area (Å²) in [5.41, 5.74) is 0.686. The Hall–Kier alpha value is -1.62. The van der Waals surface area contributed by atoms with Crippen molar-refractivity contribution >= 4 is 23.6 Å². The number of nitrogens with zero attached hydrogens (tertiary/aromatic N) is 2. The minimum absolute atomic E-state index is 0.111. The van der Waals surface area contributed by atoms with E-state index < -0.39 is 5.97 Å². The third-order valence-corrected chi connectivity index (χ3v) is 2.58. The van der Waals surface area contributed by atoms with E-state index in [1.807, 2.05) is 0 Å². The molecule has 78 valence electrons. The van der Waals surface area contributed by atoms with Crippen molar-refractivity contribution in [2.24, 2.45) is 7.05 Å². The SMILES string of the molecule is Cn1nc(Cl)c2c(c1=O)CC(C(=O)O)=C2. The van der Waals surface area contributed by atoms with Gasteiger partial charge in [-0.2, -0.15) is 5.10 Å². The van der Waals surface area contributed by atoms with E-state index in [2.05, 4.69) is 5.10 Å². The molecule has 1 aliphatic carbocycles. The number of rotatable bonds is 1. The van der Waals surface area contributed by atoms with Crippen LogP contribution in [0.1, 0.15) is 11.1 Å². The summed E-state index contributed by atoms with van der Waals surface area (Å²) in [7, 11) is 1.48. The second kappa shape index (κ2) is 3.20. The average Bonchev–Trinajstić information content (AvgIpc) is 2.59. The van der Waals surface area contributed by atoms with Gasteiger partial charge in [0.15, 0.2) is 5.15 Å². The fourth-order valence-corrected chi connectivity index (χ4v) is 1.82. The highest BCUT2D eigenvalue weighted by atomic mass is 35.5. The van der Waals surface area contributed by atoms with Crippen LogP contribution in [0.4, 0.5) is 0 Å². The lowest BCUT2D eigenvalue weighted by Gasteiger charge is -2.02. The molecule has 0 aliphatic heterocycles. The van der Waals surface area contributed by atoms with E-state index >= 15 is 0 Å². The second-order valence-electron chi connectivity index (χ2n) is 3.26. The van der Waals surface area contributed by atoms with E-state index in [-0.39, 0.29) is 22.7 Å². The minimum atomic E-state index is -1.04. The normalized spacial score (nSPS) is 13.6. The van der Waals surface area contributed by atoms with Crippen LogP contribution >= 0.6 is 11.6 Å². The summed E-state index contributed by atoms with van der Waals surface area (Å²) in [5, 5.41) is 12.7. The molecule has 0 bridgehead atoms. The van der Waals surface area contributed by atoms with Crippen LogP contribution in [-0.4, -0.2) is 20.9 Å². The van der Waals surface area contributed by atoms with Gasteiger partial charge in [-0.3, -0.25) is 4.79 Å². The predicted octanol–water partition coefficient (Wildman–Crippen LogP) is 0.458. The van der Waals surface area contributed by atoms with Crippen molar-refractivity contribution in [3.63, 3.8) is 0 Å². The Balaban J connectivity index is 2.65. The number of carboxylic acids is 1. The summed E-state index contributed by atoms with van der Waals surface area (Å²) >= 11 is 5.81. The molecule has 5 nitrogen and oxygen atoms in total. The van der Waals surface area contributed by atoms with Gasteiger partial charge in [0.1, 0.15) is 0 Å². The Morgan fingerprint density at radius 3 is 2.93 bits per heavy atom. The fraction of sp³-hybridized carbons (Fsp3) is 0.222. The van der Waals surface area contributed by atoms with Gasteiger partial charge in [-0.1, -0.05) is 11.6 Å². The maximum atomic E-state index is 11.6. The highest BCUT2D eigenvalue weighted by molar-refractivity contribution is 6.31. The van der Waals surface area contributed by atoms with Gasteiger partial charge in [0.05, 0.1) is 0 Å². The maximum absolute atomic E-state index is 11.6. The number of aryl methyl sites for hydroxylation is 1. The first-order valence-corrected chi connectivity index (χ1v) is 4.58. The van der Waals surface area contributed by atoms with Crippen LogP contribution < -0.4 is 5.56 Å². The molecule has 1 aromatic rings. The van der Waals surface area contributed by atoms with E-state index in [4.69, 9.17) is 16.7 Å². The number of fused-ring (bicyclic) bond motifs is 1.